The molecule has 14 heavy (non-hydrogen) atoms. The Labute approximate surface area is 82.2 Å². The molecule has 0 aromatic carbocycles. The van der Waals surface area contributed by atoms with Gasteiger partial charge in [-0.25, -0.2) is 4.79 Å². The van der Waals surface area contributed by atoms with Crippen molar-refractivity contribution in [2.45, 2.75) is 32.6 Å². The summed E-state index contributed by atoms with van der Waals surface area (Å²) in [4.78, 5) is 11.4. The lowest BCUT2D eigenvalue weighted by atomic mass is 9.96. The van der Waals surface area contributed by atoms with Crippen LogP contribution in [-0.2, 0) is 17.6 Å². The van der Waals surface area contributed by atoms with Crippen molar-refractivity contribution in [3.63, 3.8) is 0 Å². The molecule has 0 saturated carbocycles. The molecule has 0 bridgehead atoms. The van der Waals surface area contributed by atoms with Gasteiger partial charge in [0.25, 0.3) is 0 Å². The molecule has 0 radical (unpaired) electrons. The van der Waals surface area contributed by atoms with Gasteiger partial charge in [-0.05, 0) is 32.6 Å². The maximum Gasteiger partial charge on any atom is 0.377 e. The topological polar surface area (TPSA) is 52.3 Å². The van der Waals surface area contributed by atoms with E-state index in [-0.39, 0.29) is 5.97 Å². The smallest absolute Gasteiger partial charge is 0.377 e. The highest BCUT2D eigenvalue weighted by Gasteiger charge is 2.24. The van der Waals surface area contributed by atoms with Crippen molar-refractivity contribution < 1.29 is 14.1 Å². The second kappa shape index (κ2) is 3.82. The second-order valence-electron chi connectivity index (χ2n) is 3.36. The van der Waals surface area contributed by atoms with Crippen molar-refractivity contribution in [3.05, 3.63) is 17.0 Å². The molecule has 0 spiro atoms. The van der Waals surface area contributed by atoms with Gasteiger partial charge >= 0.3 is 5.97 Å². The number of nitrogens with zero attached hydrogens (tertiary/aromatic N) is 1. The van der Waals surface area contributed by atoms with Crippen molar-refractivity contribution in [2.75, 3.05) is 6.61 Å². The number of carbonyl (C=O) groups is 1. The zero-order valence-corrected chi connectivity index (χ0v) is 8.21. The van der Waals surface area contributed by atoms with Gasteiger partial charge in [0.2, 0.25) is 5.76 Å². The Kier molecular flexibility index (Phi) is 2.52. The van der Waals surface area contributed by atoms with Crippen LogP contribution in [-0.4, -0.2) is 17.7 Å². The molecule has 1 aliphatic carbocycles. The summed E-state index contributed by atoms with van der Waals surface area (Å²) in [5, 5.41) is 3.88. The summed E-state index contributed by atoms with van der Waals surface area (Å²) in [5.74, 6) is -0.0790. The Morgan fingerprint density at radius 3 is 3.07 bits per heavy atom. The summed E-state index contributed by atoms with van der Waals surface area (Å²) in [7, 11) is 0. The Morgan fingerprint density at radius 2 is 2.29 bits per heavy atom. The van der Waals surface area contributed by atoms with E-state index in [1.165, 1.54) is 0 Å². The van der Waals surface area contributed by atoms with E-state index in [1.807, 2.05) is 0 Å². The zero-order chi connectivity index (χ0) is 9.97. The fourth-order valence-corrected chi connectivity index (χ4v) is 1.75. The zero-order valence-electron chi connectivity index (χ0n) is 8.21. The highest BCUT2D eigenvalue weighted by Crippen LogP contribution is 2.24. The highest BCUT2D eigenvalue weighted by atomic mass is 16.6. The number of fused-ring (bicyclic) bond motifs is 1. The third-order valence-electron chi connectivity index (χ3n) is 2.42. The average molecular weight is 195 g/mol. The van der Waals surface area contributed by atoms with Crippen molar-refractivity contribution in [2.24, 2.45) is 0 Å². The van der Waals surface area contributed by atoms with Gasteiger partial charge in [-0.3, -0.25) is 0 Å². The van der Waals surface area contributed by atoms with Crippen molar-refractivity contribution >= 4 is 5.97 Å². The van der Waals surface area contributed by atoms with Crippen molar-refractivity contribution in [1.29, 1.82) is 0 Å². The van der Waals surface area contributed by atoms with Crippen LogP contribution in [0, 0.1) is 0 Å². The number of hydrogen-bond donors (Lipinski definition) is 0. The summed E-state index contributed by atoms with van der Waals surface area (Å²) >= 11 is 0. The van der Waals surface area contributed by atoms with E-state index in [9.17, 15) is 4.79 Å². The van der Waals surface area contributed by atoms with Gasteiger partial charge in [0.05, 0.1) is 12.3 Å². The van der Waals surface area contributed by atoms with Crippen LogP contribution in [0.15, 0.2) is 4.52 Å². The van der Waals surface area contributed by atoms with Gasteiger partial charge in [0.1, 0.15) is 0 Å². The quantitative estimate of drug-likeness (QED) is 0.674. The minimum absolute atomic E-state index is 0.307. The molecular formula is C10H13NO3. The minimum atomic E-state index is -0.386. The number of esters is 1. The molecule has 1 aliphatic rings. The molecule has 4 heteroatoms. The molecule has 0 unspecified atom stereocenters. The first-order chi connectivity index (χ1) is 6.83. The summed E-state index contributed by atoms with van der Waals surface area (Å²) in [5.41, 5.74) is 1.88. The molecule has 0 fully saturated rings. The third-order valence-corrected chi connectivity index (χ3v) is 2.42. The molecule has 4 nitrogen and oxygen atoms in total. The average Bonchev–Trinajstić information content (AvgIpc) is 2.61. The van der Waals surface area contributed by atoms with Gasteiger partial charge in [0, 0.05) is 5.56 Å². The molecule has 2 rings (SSSR count). The molecule has 0 atom stereocenters. The lowest BCUT2D eigenvalue weighted by Gasteiger charge is -2.08. The van der Waals surface area contributed by atoms with Gasteiger partial charge in [0.15, 0.2) is 0 Å². The van der Waals surface area contributed by atoms with Gasteiger partial charge in [-0.2, -0.15) is 0 Å². The lowest BCUT2D eigenvalue weighted by Crippen LogP contribution is -2.09. The molecule has 76 valence electrons. The van der Waals surface area contributed by atoms with Crippen LogP contribution in [0.2, 0.25) is 0 Å². The predicted molar refractivity (Wildman–Crippen MR) is 49.1 cm³/mol. The largest absolute Gasteiger partial charge is 0.460 e. The number of aromatic nitrogens is 1. The van der Waals surface area contributed by atoms with Crippen LogP contribution in [0.4, 0.5) is 0 Å². The van der Waals surface area contributed by atoms with E-state index >= 15 is 0 Å². The fourth-order valence-electron chi connectivity index (χ4n) is 1.75. The fraction of sp³-hybridized carbons (Fsp3) is 0.600. The molecule has 0 amide bonds. The van der Waals surface area contributed by atoms with E-state index in [0.717, 1.165) is 36.9 Å². The maximum absolute atomic E-state index is 11.4. The van der Waals surface area contributed by atoms with Crippen molar-refractivity contribution in [1.82, 2.24) is 5.16 Å². The number of carbonyl (C=O) groups excluding carboxylic acids is 1. The monoisotopic (exact) mass is 195 g/mol. The standard InChI is InChI=1S/C10H13NO3/c1-2-13-10(12)9-7-5-3-4-6-8(7)11-14-9/h2-6H2,1H3. The number of aryl methyl sites for hydroxylation is 1. The summed E-state index contributed by atoms with van der Waals surface area (Å²) in [6, 6.07) is 0. The SMILES string of the molecule is CCOC(=O)c1onc2c1CCCC2. The molecular weight excluding hydrogens is 182 g/mol. The van der Waals surface area contributed by atoms with E-state index in [2.05, 4.69) is 5.16 Å². The Balaban J connectivity index is 2.25. The van der Waals surface area contributed by atoms with Crippen LogP contribution in [0.1, 0.15) is 41.6 Å². The first kappa shape index (κ1) is 9.24. The first-order valence-corrected chi connectivity index (χ1v) is 4.97. The van der Waals surface area contributed by atoms with Gasteiger partial charge in [-0.15, -0.1) is 0 Å². The Bertz CT molecular complexity index is 343. The lowest BCUT2D eigenvalue weighted by molar-refractivity contribution is 0.0478. The van der Waals surface area contributed by atoms with E-state index in [4.69, 9.17) is 9.26 Å². The summed E-state index contributed by atoms with van der Waals surface area (Å²) in [6.07, 6.45) is 4.02. The van der Waals surface area contributed by atoms with Gasteiger partial charge in [-0.1, -0.05) is 5.16 Å². The van der Waals surface area contributed by atoms with E-state index in [1.54, 1.807) is 6.92 Å². The Hall–Kier alpha value is -1.32. The van der Waals surface area contributed by atoms with E-state index < -0.39 is 0 Å². The minimum Gasteiger partial charge on any atom is -0.460 e. The van der Waals surface area contributed by atoms with Crippen LogP contribution in [0.5, 0.6) is 0 Å². The third kappa shape index (κ3) is 1.52. The molecule has 1 heterocycles. The van der Waals surface area contributed by atoms with Crippen LogP contribution >= 0.6 is 0 Å². The Morgan fingerprint density at radius 1 is 1.50 bits per heavy atom. The predicted octanol–water partition coefficient (Wildman–Crippen LogP) is 1.73. The highest BCUT2D eigenvalue weighted by molar-refractivity contribution is 5.88. The van der Waals surface area contributed by atoms with Crippen molar-refractivity contribution in [3.8, 4) is 0 Å². The molecule has 1 aromatic rings. The summed E-state index contributed by atoms with van der Waals surface area (Å²) < 4.78 is 9.89. The normalized spacial score (nSPS) is 14.9. The number of rotatable bonds is 2. The van der Waals surface area contributed by atoms with Crippen LogP contribution in [0.3, 0.4) is 0 Å². The van der Waals surface area contributed by atoms with Crippen LogP contribution in [0.25, 0.3) is 0 Å². The maximum atomic E-state index is 11.4. The van der Waals surface area contributed by atoms with E-state index in [0.29, 0.717) is 12.4 Å². The molecule has 0 aliphatic heterocycles. The second-order valence-corrected chi connectivity index (χ2v) is 3.36. The first-order valence-electron chi connectivity index (χ1n) is 4.97. The summed E-state index contributed by atoms with van der Waals surface area (Å²) in [6.45, 7) is 2.15. The number of ether oxygens (including phenoxy) is 1. The molecule has 0 saturated heterocycles. The molecule has 1 aromatic heterocycles. The van der Waals surface area contributed by atoms with Crippen LogP contribution < -0.4 is 0 Å². The number of hydrogen-bond acceptors (Lipinski definition) is 4. The molecule has 0 N–H and O–H groups in total. The van der Waals surface area contributed by atoms with Gasteiger partial charge < -0.3 is 9.26 Å².